The predicted octanol–water partition coefficient (Wildman–Crippen LogP) is 9.86. The van der Waals surface area contributed by atoms with Crippen LogP contribution >= 0.6 is 23.2 Å². The number of carbonyl (C=O) groups is 4. The Morgan fingerprint density at radius 1 is 0.588 bits per heavy atom. The molecular formula is C56H74Cl2N6O4. The third-order valence-electron chi connectivity index (χ3n) is 14.8. The van der Waals surface area contributed by atoms with Gasteiger partial charge in [-0.3, -0.25) is 19.2 Å². The molecule has 0 aromatic heterocycles. The van der Waals surface area contributed by atoms with Crippen molar-refractivity contribution in [1.82, 2.24) is 31.1 Å². The molecule has 0 radical (unpaired) electrons. The molecule has 2 saturated carbocycles. The summed E-state index contributed by atoms with van der Waals surface area (Å²) in [6, 6.07) is 33.0. The van der Waals surface area contributed by atoms with E-state index in [4.69, 9.17) is 23.2 Å². The lowest BCUT2D eigenvalue weighted by Gasteiger charge is -2.45. The Balaban J connectivity index is 0.000000224. The third kappa shape index (κ3) is 15.4. The molecule has 12 heteroatoms. The molecule has 10 nitrogen and oxygen atoms in total. The van der Waals surface area contributed by atoms with Crippen molar-refractivity contribution in [2.24, 2.45) is 0 Å². The molecule has 4 aromatic rings. The Hall–Kier alpha value is -4.74. The maximum absolute atomic E-state index is 12.6. The maximum atomic E-state index is 12.6. The van der Waals surface area contributed by atoms with Crippen LogP contribution in [0.15, 0.2) is 97.1 Å². The van der Waals surface area contributed by atoms with Crippen LogP contribution in [0.2, 0.25) is 10.0 Å². The predicted molar refractivity (Wildman–Crippen MR) is 276 cm³/mol. The lowest BCUT2D eigenvalue weighted by Crippen LogP contribution is -2.52. The largest absolute Gasteiger partial charge is 0.353 e. The molecule has 0 aliphatic heterocycles. The molecular weight excluding hydrogens is 892 g/mol. The standard InChI is InChI=1S/C29H38ClN3O2.C27H36ClN3O2/c1-33(2)29(20-21-7-5-10-23(30)19-21)17-15-24(16-18-29)31-27(34)13-14-28(35)32-26-12-6-9-22-8-3-4-11-25(22)26;1-20-7-6-8-21(17-20)18-27(31(2)3)15-13-23(14-16-27)30-26(33)12-11-25(32)29-19-22-9-4-5-10-24(22)28/h3-5,7-8,10-11,19,24,26H,6,9,12-18,20H2,1-2H3,(H,31,34)(H,32,35);4-10,17,23H,11-16,18-19H2,1-3H3,(H,29,32)(H,30,33). The van der Waals surface area contributed by atoms with E-state index in [2.05, 4.69) is 121 Å². The molecule has 68 heavy (non-hydrogen) atoms. The maximum Gasteiger partial charge on any atom is 0.220 e. The number of likely N-dealkylation sites (N-methyl/N-ethyl adjacent to an activating group) is 2. The van der Waals surface area contributed by atoms with Crippen molar-refractivity contribution in [3.05, 3.63) is 140 Å². The first-order valence-electron chi connectivity index (χ1n) is 24.7. The molecule has 1 unspecified atom stereocenters. The third-order valence-corrected chi connectivity index (χ3v) is 15.4. The van der Waals surface area contributed by atoms with E-state index < -0.39 is 0 Å². The van der Waals surface area contributed by atoms with Gasteiger partial charge in [0.25, 0.3) is 0 Å². The van der Waals surface area contributed by atoms with Crippen molar-refractivity contribution in [3.63, 3.8) is 0 Å². The van der Waals surface area contributed by atoms with E-state index in [1.165, 1.54) is 27.8 Å². The second-order valence-corrected chi connectivity index (χ2v) is 20.8. The summed E-state index contributed by atoms with van der Waals surface area (Å²) in [5.41, 5.74) is 7.52. The van der Waals surface area contributed by atoms with Crippen molar-refractivity contribution in [1.29, 1.82) is 0 Å². The highest BCUT2D eigenvalue weighted by Gasteiger charge is 2.39. The fraction of sp³-hybridized carbons (Fsp3) is 0.500. The molecule has 0 saturated heterocycles. The number of rotatable bonds is 17. The van der Waals surface area contributed by atoms with E-state index in [0.717, 1.165) is 94.1 Å². The normalized spacial score (nSPS) is 22.3. The van der Waals surface area contributed by atoms with E-state index in [0.29, 0.717) is 11.6 Å². The van der Waals surface area contributed by atoms with Gasteiger partial charge in [0.2, 0.25) is 23.6 Å². The van der Waals surface area contributed by atoms with Crippen molar-refractivity contribution in [3.8, 4) is 0 Å². The zero-order chi connectivity index (χ0) is 48.7. The molecule has 4 amide bonds. The molecule has 0 bridgehead atoms. The van der Waals surface area contributed by atoms with Crippen LogP contribution in [0, 0.1) is 6.92 Å². The number of hydrogen-bond acceptors (Lipinski definition) is 6. The van der Waals surface area contributed by atoms with E-state index in [1.54, 1.807) is 6.07 Å². The Kier molecular flexibility index (Phi) is 19.5. The van der Waals surface area contributed by atoms with Crippen LogP contribution in [-0.2, 0) is 45.0 Å². The summed E-state index contributed by atoms with van der Waals surface area (Å²) in [4.78, 5) is 54.5. The van der Waals surface area contributed by atoms with Crippen LogP contribution in [0.25, 0.3) is 0 Å². The first kappa shape index (κ1) is 52.6. The zero-order valence-electron chi connectivity index (χ0n) is 41.0. The van der Waals surface area contributed by atoms with Crippen LogP contribution in [0.1, 0.15) is 129 Å². The van der Waals surface area contributed by atoms with Crippen LogP contribution in [0.5, 0.6) is 0 Å². The Labute approximate surface area is 415 Å². The summed E-state index contributed by atoms with van der Waals surface area (Å²) < 4.78 is 0. The second-order valence-electron chi connectivity index (χ2n) is 20.0. The lowest BCUT2D eigenvalue weighted by molar-refractivity contribution is -0.127. The summed E-state index contributed by atoms with van der Waals surface area (Å²) in [5.74, 6) is -0.262. The zero-order valence-corrected chi connectivity index (χ0v) is 42.5. The smallest absolute Gasteiger partial charge is 0.220 e. The minimum Gasteiger partial charge on any atom is -0.353 e. The number of amides is 4. The SMILES string of the molecule is CN(C)C1(Cc2cccc(Cl)c2)CCC(NC(=O)CCC(=O)NC2CCCc3ccccc32)CC1.Cc1cccc(CC2(N(C)C)CCC(NC(=O)CCC(=O)NCc3ccccc3Cl)CC2)c1. The van der Waals surface area contributed by atoms with Gasteiger partial charge in [-0.1, -0.05) is 108 Å². The lowest BCUT2D eigenvalue weighted by atomic mass is 9.74. The minimum absolute atomic E-state index is 0.0265. The van der Waals surface area contributed by atoms with Gasteiger partial charge in [-0.15, -0.1) is 0 Å². The fourth-order valence-corrected chi connectivity index (χ4v) is 11.0. The van der Waals surface area contributed by atoms with Crippen LogP contribution in [0.3, 0.4) is 0 Å². The molecule has 7 rings (SSSR count). The molecule has 1 atom stereocenters. The summed E-state index contributed by atoms with van der Waals surface area (Å²) in [7, 11) is 8.62. The minimum atomic E-state index is -0.140. The number of nitrogens with one attached hydrogen (secondary N) is 4. The number of carbonyl (C=O) groups excluding carboxylic acids is 4. The number of fused-ring (bicyclic) bond motifs is 1. The molecule has 366 valence electrons. The number of benzene rings is 4. The highest BCUT2D eigenvalue weighted by atomic mass is 35.5. The second kappa shape index (κ2) is 25.2. The van der Waals surface area contributed by atoms with E-state index in [9.17, 15) is 19.2 Å². The highest BCUT2D eigenvalue weighted by Crippen LogP contribution is 2.37. The number of halogens is 2. The van der Waals surface area contributed by atoms with Crippen molar-refractivity contribution in [2.45, 2.75) is 152 Å². The van der Waals surface area contributed by atoms with Crippen molar-refractivity contribution in [2.75, 3.05) is 28.2 Å². The first-order chi connectivity index (χ1) is 32.6. The van der Waals surface area contributed by atoms with Gasteiger partial charge in [-0.25, -0.2) is 0 Å². The monoisotopic (exact) mass is 965 g/mol. The fourth-order valence-electron chi connectivity index (χ4n) is 10.5. The number of aryl methyl sites for hydroxylation is 2. The highest BCUT2D eigenvalue weighted by molar-refractivity contribution is 6.31. The summed E-state index contributed by atoms with van der Waals surface area (Å²) in [6.45, 7) is 2.51. The molecule has 3 aliphatic carbocycles. The Morgan fingerprint density at radius 3 is 1.66 bits per heavy atom. The number of nitrogens with zero attached hydrogens (tertiary/aromatic N) is 2. The molecule has 3 aliphatic rings. The van der Waals surface area contributed by atoms with E-state index in [-0.39, 0.29) is 78.5 Å². The molecule has 2 fully saturated rings. The molecule has 4 aromatic carbocycles. The Bertz CT molecular complexity index is 2300. The van der Waals surface area contributed by atoms with Crippen LogP contribution in [0.4, 0.5) is 0 Å². The van der Waals surface area contributed by atoms with Crippen LogP contribution < -0.4 is 21.3 Å². The Morgan fingerprint density at radius 2 is 1.10 bits per heavy atom. The quantitative estimate of drug-likeness (QED) is 0.0837. The van der Waals surface area contributed by atoms with Crippen LogP contribution in [-0.4, -0.2) is 84.8 Å². The van der Waals surface area contributed by atoms with Gasteiger partial charge >= 0.3 is 0 Å². The van der Waals surface area contributed by atoms with Crippen molar-refractivity contribution < 1.29 is 19.2 Å². The summed E-state index contributed by atoms with van der Waals surface area (Å²) in [5, 5.41) is 13.7. The van der Waals surface area contributed by atoms with Gasteiger partial charge in [0, 0.05) is 65.4 Å². The molecule has 4 N–H and O–H groups in total. The van der Waals surface area contributed by atoms with E-state index in [1.807, 2.05) is 36.4 Å². The van der Waals surface area contributed by atoms with Gasteiger partial charge < -0.3 is 31.1 Å². The average Bonchev–Trinajstić information content (AvgIpc) is 3.31. The van der Waals surface area contributed by atoms with Gasteiger partial charge in [-0.05, 0) is 165 Å². The van der Waals surface area contributed by atoms with E-state index >= 15 is 0 Å². The number of hydrogen-bond donors (Lipinski definition) is 4. The summed E-state index contributed by atoms with van der Waals surface area (Å²) in [6.07, 6.45) is 13.8. The van der Waals surface area contributed by atoms with Gasteiger partial charge in [0.05, 0.1) is 6.04 Å². The average molecular weight is 966 g/mol. The topological polar surface area (TPSA) is 123 Å². The van der Waals surface area contributed by atoms with Gasteiger partial charge in [-0.2, -0.15) is 0 Å². The molecule has 0 heterocycles. The van der Waals surface area contributed by atoms with Gasteiger partial charge in [0.15, 0.2) is 0 Å². The van der Waals surface area contributed by atoms with Gasteiger partial charge in [0.1, 0.15) is 0 Å². The first-order valence-corrected chi connectivity index (χ1v) is 25.5. The van der Waals surface area contributed by atoms with Crippen molar-refractivity contribution >= 4 is 46.8 Å². The summed E-state index contributed by atoms with van der Waals surface area (Å²) >= 11 is 12.3. The molecule has 0 spiro atoms.